The summed E-state index contributed by atoms with van der Waals surface area (Å²) in [6, 6.07) is 19.7. The first-order chi connectivity index (χ1) is 15.2. The van der Waals surface area contributed by atoms with Crippen LogP contribution >= 0.6 is 0 Å². The number of fused-ring (bicyclic) bond motifs is 1. The normalized spacial score (nSPS) is 10.8. The standard InChI is InChI=1S/C22H16N6O3/c29-21(17-9-12-24-28(17)15-6-2-1-3-7-15)25-14-5-4-8-16(13-14)31-18-10-11-23-20-19(18)26-22(30)27-20/h1-13H,(H,25,29)(H2,23,26,27,30). The Morgan fingerprint density at radius 2 is 1.84 bits per heavy atom. The van der Waals surface area contributed by atoms with Gasteiger partial charge in [0.15, 0.2) is 11.4 Å². The minimum absolute atomic E-state index is 0.306. The number of nitrogens with zero attached hydrogens (tertiary/aromatic N) is 3. The average molecular weight is 412 g/mol. The highest BCUT2D eigenvalue weighted by Crippen LogP contribution is 2.28. The largest absolute Gasteiger partial charge is 0.455 e. The fourth-order valence-electron chi connectivity index (χ4n) is 3.21. The fourth-order valence-corrected chi connectivity index (χ4v) is 3.21. The fraction of sp³-hybridized carbons (Fsp3) is 0. The van der Waals surface area contributed by atoms with Crippen molar-refractivity contribution >= 4 is 22.8 Å². The molecule has 9 nitrogen and oxygen atoms in total. The molecule has 0 bridgehead atoms. The third kappa shape index (κ3) is 3.67. The molecule has 0 spiro atoms. The van der Waals surface area contributed by atoms with Crippen LogP contribution in [0.2, 0.25) is 0 Å². The summed E-state index contributed by atoms with van der Waals surface area (Å²) in [5.74, 6) is 0.623. The summed E-state index contributed by atoms with van der Waals surface area (Å²) in [4.78, 5) is 33.7. The van der Waals surface area contributed by atoms with Gasteiger partial charge in [0, 0.05) is 24.0 Å². The molecule has 1 amide bonds. The number of nitrogens with one attached hydrogen (secondary N) is 3. The summed E-state index contributed by atoms with van der Waals surface area (Å²) in [5.41, 5.74) is 2.25. The average Bonchev–Trinajstić information content (AvgIpc) is 3.41. The van der Waals surface area contributed by atoms with Crippen molar-refractivity contribution in [1.29, 1.82) is 0 Å². The van der Waals surface area contributed by atoms with E-state index in [1.54, 1.807) is 47.3 Å². The molecule has 0 radical (unpaired) electrons. The third-order valence-corrected chi connectivity index (χ3v) is 4.58. The first kappa shape index (κ1) is 18.4. The monoisotopic (exact) mass is 412 g/mol. The highest BCUT2D eigenvalue weighted by atomic mass is 16.5. The first-order valence-electron chi connectivity index (χ1n) is 9.43. The number of amides is 1. The van der Waals surface area contributed by atoms with Crippen molar-refractivity contribution < 1.29 is 9.53 Å². The number of para-hydroxylation sites is 1. The van der Waals surface area contributed by atoms with Gasteiger partial charge in [0.2, 0.25) is 0 Å². The molecule has 0 aliphatic heterocycles. The highest BCUT2D eigenvalue weighted by molar-refractivity contribution is 6.03. The van der Waals surface area contributed by atoms with E-state index >= 15 is 0 Å². The number of imidazole rings is 1. The van der Waals surface area contributed by atoms with Gasteiger partial charge in [0.25, 0.3) is 5.91 Å². The van der Waals surface area contributed by atoms with Crippen LogP contribution in [0.4, 0.5) is 5.69 Å². The predicted molar refractivity (Wildman–Crippen MR) is 115 cm³/mol. The van der Waals surface area contributed by atoms with Crippen molar-refractivity contribution in [2.45, 2.75) is 0 Å². The van der Waals surface area contributed by atoms with Gasteiger partial charge in [-0.2, -0.15) is 5.10 Å². The van der Waals surface area contributed by atoms with Crippen LogP contribution in [0.3, 0.4) is 0 Å². The van der Waals surface area contributed by atoms with Crippen LogP contribution in [0.1, 0.15) is 10.5 Å². The Labute approximate surface area is 175 Å². The quantitative estimate of drug-likeness (QED) is 0.408. The van der Waals surface area contributed by atoms with E-state index in [0.29, 0.717) is 34.0 Å². The van der Waals surface area contributed by atoms with Gasteiger partial charge in [-0.05, 0) is 30.3 Å². The Bertz CT molecular complexity index is 1430. The molecule has 0 fully saturated rings. The van der Waals surface area contributed by atoms with E-state index in [1.807, 2.05) is 30.3 Å². The predicted octanol–water partition coefficient (Wildman–Crippen LogP) is 3.48. The van der Waals surface area contributed by atoms with Crippen molar-refractivity contribution in [1.82, 2.24) is 24.7 Å². The van der Waals surface area contributed by atoms with E-state index < -0.39 is 0 Å². The second-order valence-corrected chi connectivity index (χ2v) is 6.66. The summed E-state index contributed by atoms with van der Waals surface area (Å²) in [7, 11) is 0. The topological polar surface area (TPSA) is 118 Å². The molecule has 0 saturated carbocycles. The maximum absolute atomic E-state index is 12.9. The maximum atomic E-state index is 12.9. The number of pyridine rings is 1. The Hall–Kier alpha value is -4.66. The van der Waals surface area contributed by atoms with Crippen LogP contribution < -0.4 is 15.7 Å². The number of aromatic nitrogens is 5. The molecule has 5 rings (SSSR count). The molecule has 9 heteroatoms. The molecule has 3 N–H and O–H groups in total. The minimum Gasteiger partial charge on any atom is -0.455 e. The van der Waals surface area contributed by atoms with Crippen LogP contribution in [0.15, 0.2) is 83.9 Å². The summed E-state index contributed by atoms with van der Waals surface area (Å²) in [5, 5.41) is 7.11. The number of anilines is 1. The van der Waals surface area contributed by atoms with Crippen molar-refractivity contribution in [3.8, 4) is 17.2 Å². The number of ether oxygens (including phenoxy) is 1. The molecule has 0 aliphatic rings. The molecule has 0 saturated heterocycles. The van der Waals surface area contributed by atoms with Gasteiger partial charge in [0.05, 0.1) is 11.9 Å². The molecule has 5 aromatic rings. The number of aromatic amines is 2. The van der Waals surface area contributed by atoms with Gasteiger partial charge in [-0.25, -0.2) is 14.5 Å². The van der Waals surface area contributed by atoms with E-state index in [-0.39, 0.29) is 11.6 Å². The zero-order chi connectivity index (χ0) is 21.2. The second-order valence-electron chi connectivity index (χ2n) is 6.66. The van der Waals surface area contributed by atoms with E-state index in [1.165, 1.54) is 6.20 Å². The lowest BCUT2D eigenvalue weighted by atomic mass is 10.2. The van der Waals surface area contributed by atoms with Crippen molar-refractivity contribution in [3.63, 3.8) is 0 Å². The van der Waals surface area contributed by atoms with E-state index in [2.05, 4.69) is 25.4 Å². The lowest BCUT2D eigenvalue weighted by molar-refractivity contribution is 0.101. The number of hydrogen-bond donors (Lipinski definition) is 3. The lowest BCUT2D eigenvalue weighted by Crippen LogP contribution is -2.16. The molecule has 152 valence electrons. The van der Waals surface area contributed by atoms with Crippen LogP contribution in [0, 0.1) is 0 Å². The highest BCUT2D eigenvalue weighted by Gasteiger charge is 2.14. The molecule has 3 heterocycles. The zero-order valence-electron chi connectivity index (χ0n) is 16.1. The van der Waals surface area contributed by atoms with Gasteiger partial charge in [0.1, 0.15) is 17.0 Å². The molecule has 0 aliphatic carbocycles. The molecular formula is C22H16N6O3. The number of H-pyrrole nitrogens is 2. The summed E-state index contributed by atoms with van der Waals surface area (Å²) in [6.45, 7) is 0. The Kier molecular flexibility index (Phi) is 4.53. The molecule has 0 atom stereocenters. The van der Waals surface area contributed by atoms with Crippen LogP contribution in [0.25, 0.3) is 16.9 Å². The molecule has 31 heavy (non-hydrogen) atoms. The number of rotatable bonds is 5. The smallest absolute Gasteiger partial charge is 0.325 e. The summed E-state index contributed by atoms with van der Waals surface area (Å²) >= 11 is 0. The Morgan fingerprint density at radius 3 is 2.71 bits per heavy atom. The summed E-state index contributed by atoms with van der Waals surface area (Å²) in [6.07, 6.45) is 3.12. The van der Waals surface area contributed by atoms with E-state index in [9.17, 15) is 9.59 Å². The minimum atomic E-state index is -0.366. The number of benzene rings is 2. The Morgan fingerprint density at radius 1 is 0.968 bits per heavy atom. The molecule has 0 unspecified atom stereocenters. The number of hydrogen-bond acceptors (Lipinski definition) is 5. The lowest BCUT2D eigenvalue weighted by Gasteiger charge is -2.10. The van der Waals surface area contributed by atoms with E-state index in [4.69, 9.17) is 4.74 Å². The first-order valence-corrected chi connectivity index (χ1v) is 9.43. The van der Waals surface area contributed by atoms with Crippen molar-refractivity contribution in [2.75, 3.05) is 5.32 Å². The molecule has 2 aromatic carbocycles. The van der Waals surface area contributed by atoms with E-state index in [0.717, 1.165) is 5.69 Å². The number of carbonyl (C=O) groups is 1. The third-order valence-electron chi connectivity index (χ3n) is 4.58. The zero-order valence-corrected chi connectivity index (χ0v) is 16.1. The Balaban J connectivity index is 1.38. The molecule has 3 aromatic heterocycles. The van der Waals surface area contributed by atoms with Gasteiger partial charge in [-0.15, -0.1) is 0 Å². The second kappa shape index (κ2) is 7.64. The van der Waals surface area contributed by atoms with Crippen molar-refractivity contribution in [2.24, 2.45) is 0 Å². The number of carbonyl (C=O) groups excluding carboxylic acids is 1. The van der Waals surface area contributed by atoms with Crippen LogP contribution in [-0.4, -0.2) is 30.6 Å². The van der Waals surface area contributed by atoms with Gasteiger partial charge in [-0.1, -0.05) is 24.3 Å². The van der Waals surface area contributed by atoms with Crippen LogP contribution in [0.5, 0.6) is 11.5 Å². The van der Waals surface area contributed by atoms with Gasteiger partial charge in [-0.3, -0.25) is 9.78 Å². The SMILES string of the molecule is O=C(Nc1cccc(Oc2ccnc3[nH]c(=O)[nH]c23)c1)c1ccnn1-c1ccccc1. The molecular weight excluding hydrogens is 396 g/mol. The van der Waals surface area contributed by atoms with Crippen LogP contribution in [-0.2, 0) is 0 Å². The maximum Gasteiger partial charge on any atom is 0.325 e. The summed E-state index contributed by atoms with van der Waals surface area (Å²) < 4.78 is 7.49. The van der Waals surface area contributed by atoms with Gasteiger partial charge < -0.3 is 15.0 Å². The van der Waals surface area contributed by atoms with Gasteiger partial charge >= 0.3 is 5.69 Å². The van der Waals surface area contributed by atoms with Crippen molar-refractivity contribution in [3.05, 3.63) is 95.3 Å².